The Morgan fingerprint density at radius 2 is 1.77 bits per heavy atom. The molecule has 1 heterocycles. The largest absolute Gasteiger partial charge is 0.373 e. The molecule has 1 aliphatic heterocycles. The highest BCUT2D eigenvalue weighted by atomic mass is 35.5. The Morgan fingerprint density at radius 3 is 2.43 bits per heavy atom. The van der Waals surface area contributed by atoms with Gasteiger partial charge in [-0.3, -0.25) is 14.5 Å². The second kappa shape index (κ2) is 10.0. The molecule has 0 saturated carbocycles. The van der Waals surface area contributed by atoms with Crippen LogP contribution in [0.15, 0.2) is 42.5 Å². The number of carbonyl (C=O) groups is 2. The molecule has 2 atom stereocenters. The van der Waals surface area contributed by atoms with Crippen molar-refractivity contribution in [1.29, 1.82) is 0 Å². The van der Waals surface area contributed by atoms with Crippen LogP contribution in [0.25, 0.3) is 0 Å². The first-order valence-electron chi connectivity index (χ1n) is 9.80. The second-order valence-corrected chi connectivity index (χ2v) is 7.89. The van der Waals surface area contributed by atoms with Gasteiger partial charge in [0.2, 0.25) is 0 Å². The Balaban J connectivity index is 1.58. The van der Waals surface area contributed by atoms with E-state index < -0.39 is 17.6 Å². The lowest BCUT2D eigenvalue weighted by Crippen LogP contribution is -2.45. The normalized spacial score (nSPS) is 19.3. The molecule has 0 radical (unpaired) electrons. The molecule has 0 aliphatic carbocycles. The number of nitrogens with one attached hydrogen (secondary N) is 2. The number of nitrogens with zero attached hydrogens (tertiary/aromatic N) is 1. The summed E-state index contributed by atoms with van der Waals surface area (Å²) in [5.74, 6) is -2.34. The van der Waals surface area contributed by atoms with Crippen molar-refractivity contribution in [2.75, 3.05) is 18.4 Å². The molecular formula is C22H25ClFN3O3. The van der Waals surface area contributed by atoms with E-state index in [1.807, 2.05) is 24.3 Å². The predicted octanol–water partition coefficient (Wildman–Crippen LogP) is 3.34. The zero-order valence-corrected chi connectivity index (χ0v) is 17.7. The molecular weight excluding hydrogens is 409 g/mol. The van der Waals surface area contributed by atoms with Gasteiger partial charge < -0.3 is 15.4 Å². The van der Waals surface area contributed by atoms with Gasteiger partial charge in [0.15, 0.2) is 0 Å². The summed E-state index contributed by atoms with van der Waals surface area (Å²) >= 11 is 5.62. The molecule has 2 amide bonds. The molecule has 30 heavy (non-hydrogen) atoms. The van der Waals surface area contributed by atoms with Gasteiger partial charge in [-0.15, -0.1) is 0 Å². The maximum Gasteiger partial charge on any atom is 0.313 e. The summed E-state index contributed by atoms with van der Waals surface area (Å²) in [6.07, 6.45) is 0.337. The van der Waals surface area contributed by atoms with Crippen molar-refractivity contribution in [1.82, 2.24) is 10.2 Å². The number of hydrogen-bond acceptors (Lipinski definition) is 4. The monoisotopic (exact) mass is 433 g/mol. The molecule has 0 bridgehead atoms. The molecule has 1 saturated heterocycles. The lowest BCUT2D eigenvalue weighted by Gasteiger charge is -2.35. The van der Waals surface area contributed by atoms with E-state index >= 15 is 0 Å². The lowest BCUT2D eigenvalue weighted by atomic mass is 10.1. The predicted molar refractivity (Wildman–Crippen MR) is 114 cm³/mol. The van der Waals surface area contributed by atoms with Crippen LogP contribution in [0.5, 0.6) is 0 Å². The summed E-state index contributed by atoms with van der Waals surface area (Å²) in [6, 6.07) is 11.6. The van der Waals surface area contributed by atoms with Gasteiger partial charge >= 0.3 is 11.8 Å². The van der Waals surface area contributed by atoms with Crippen molar-refractivity contribution in [2.45, 2.75) is 39.1 Å². The van der Waals surface area contributed by atoms with Gasteiger partial charge in [0.1, 0.15) is 5.82 Å². The average Bonchev–Trinajstić information content (AvgIpc) is 2.69. The van der Waals surface area contributed by atoms with E-state index in [1.54, 1.807) is 0 Å². The van der Waals surface area contributed by atoms with Crippen LogP contribution in [0.1, 0.15) is 25.0 Å². The van der Waals surface area contributed by atoms with E-state index in [4.69, 9.17) is 16.3 Å². The first-order valence-corrected chi connectivity index (χ1v) is 10.2. The van der Waals surface area contributed by atoms with Gasteiger partial charge in [0.05, 0.1) is 17.2 Å². The summed E-state index contributed by atoms with van der Waals surface area (Å²) in [4.78, 5) is 26.6. The van der Waals surface area contributed by atoms with Crippen LogP contribution < -0.4 is 10.6 Å². The molecule has 1 fully saturated rings. The zero-order valence-electron chi connectivity index (χ0n) is 17.0. The van der Waals surface area contributed by atoms with Crippen LogP contribution in [0.3, 0.4) is 0 Å². The Bertz CT molecular complexity index is 914. The van der Waals surface area contributed by atoms with E-state index in [-0.39, 0.29) is 29.5 Å². The SMILES string of the molecule is C[C@@H]1CN(Cc2ccccc2CNC(=O)C(=O)Nc2ccc(Cl)c(F)c2)C[C@@H](C)O1. The Labute approximate surface area is 180 Å². The standard InChI is InChI=1S/C22H25ClFN3O3/c1-14-11-27(12-15(2)30-14)13-17-6-4-3-5-16(17)10-25-21(28)22(29)26-18-7-8-19(23)20(24)9-18/h3-9,14-15H,10-13H2,1-2H3,(H,25,28)(H,26,29)/t14-,15-/m1/s1. The molecule has 6 nitrogen and oxygen atoms in total. The Hall–Kier alpha value is -2.48. The molecule has 0 aromatic heterocycles. The zero-order chi connectivity index (χ0) is 21.7. The number of morpholine rings is 1. The molecule has 1 aliphatic rings. The van der Waals surface area contributed by atoms with Gasteiger partial charge in [0, 0.05) is 31.9 Å². The number of amides is 2. The summed E-state index contributed by atoms with van der Waals surface area (Å²) in [5, 5.41) is 4.93. The van der Waals surface area contributed by atoms with Crippen molar-refractivity contribution in [2.24, 2.45) is 0 Å². The first-order chi connectivity index (χ1) is 14.3. The van der Waals surface area contributed by atoms with Gasteiger partial charge in [0.25, 0.3) is 0 Å². The number of ether oxygens (including phenoxy) is 1. The molecule has 2 aromatic rings. The Kier molecular flexibility index (Phi) is 7.42. The van der Waals surface area contributed by atoms with Crippen molar-refractivity contribution in [3.63, 3.8) is 0 Å². The highest BCUT2D eigenvalue weighted by Gasteiger charge is 2.23. The summed E-state index contributed by atoms with van der Waals surface area (Å²) < 4.78 is 19.3. The number of benzene rings is 2. The number of halogens is 2. The molecule has 2 N–H and O–H groups in total. The minimum absolute atomic E-state index is 0.0573. The van der Waals surface area contributed by atoms with Crippen molar-refractivity contribution in [3.8, 4) is 0 Å². The van der Waals surface area contributed by atoms with Gasteiger partial charge in [-0.2, -0.15) is 0 Å². The van der Waals surface area contributed by atoms with Gasteiger partial charge in [-0.05, 0) is 43.2 Å². The fourth-order valence-corrected chi connectivity index (χ4v) is 3.67. The molecule has 3 rings (SSSR count). The maximum atomic E-state index is 13.5. The van der Waals surface area contributed by atoms with Crippen LogP contribution in [0.2, 0.25) is 5.02 Å². The van der Waals surface area contributed by atoms with Crippen molar-refractivity contribution >= 4 is 29.1 Å². The smallest absolute Gasteiger partial charge is 0.313 e. The van der Waals surface area contributed by atoms with Crippen LogP contribution in [-0.4, -0.2) is 42.0 Å². The maximum absolute atomic E-state index is 13.5. The molecule has 0 spiro atoms. The summed E-state index contributed by atoms with van der Waals surface area (Å²) in [7, 11) is 0. The fraction of sp³-hybridized carbons (Fsp3) is 0.364. The van der Waals surface area contributed by atoms with Crippen molar-refractivity contribution < 1.29 is 18.7 Å². The van der Waals surface area contributed by atoms with E-state index in [1.165, 1.54) is 12.1 Å². The van der Waals surface area contributed by atoms with Crippen LogP contribution in [0, 0.1) is 5.82 Å². The molecule has 8 heteroatoms. The van der Waals surface area contributed by atoms with E-state index in [9.17, 15) is 14.0 Å². The average molecular weight is 434 g/mol. The minimum Gasteiger partial charge on any atom is -0.373 e. The Morgan fingerprint density at radius 1 is 1.10 bits per heavy atom. The lowest BCUT2D eigenvalue weighted by molar-refractivity contribution is -0.136. The van der Waals surface area contributed by atoms with E-state index in [0.29, 0.717) is 0 Å². The molecule has 160 valence electrons. The second-order valence-electron chi connectivity index (χ2n) is 7.49. The topological polar surface area (TPSA) is 70.7 Å². The van der Waals surface area contributed by atoms with E-state index in [2.05, 4.69) is 29.4 Å². The third-order valence-electron chi connectivity index (χ3n) is 4.83. The fourth-order valence-electron chi connectivity index (χ4n) is 3.56. The number of rotatable bonds is 5. The first kappa shape index (κ1) is 22.2. The van der Waals surface area contributed by atoms with Gasteiger partial charge in [-0.25, -0.2) is 4.39 Å². The van der Waals surface area contributed by atoms with Gasteiger partial charge in [-0.1, -0.05) is 35.9 Å². The highest BCUT2D eigenvalue weighted by molar-refractivity contribution is 6.39. The number of hydrogen-bond donors (Lipinski definition) is 2. The number of anilines is 1. The van der Waals surface area contributed by atoms with Crippen LogP contribution >= 0.6 is 11.6 Å². The number of carbonyl (C=O) groups excluding carboxylic acids is 2. The quantitative estimate of drug-likeness (QED) is 0.709. The molecule has 0 unspecified atom stereocenters. The van der Waals surface area contributed by atoms with Crippen molar-refractivity contribution in [3.05, 3.63) is 64.4 Å². The summed E-state index contributed by atoms with van der Waals surface area (Å²) in [6.45, 7) is 6.74. The summed E-state index contributed by atoms with van der Waals surface area (Å²) in [5.41, 5.74) is 2.18. The van der Waals surface area contributed by atoms with Crippen LogP contribution in [0.4, 0.5) is 10.1 Å². The van der Waals surface area contributed by atoms with E-state index in [0.717, 1.165) is 36.8 Å². The molecule has 2 aromatic carbocycles. The minimum atomic E-state index is -0.870. The van der Waals surface area contributed by atoms with Crippen LogP contribution in [-0.2, 0) is 27.4 Å². The highest BCUT2D eigenvalue weighted by Crippen LogP contribution is 2.19. The third kappa shape index (κ3) is 6.01. The third-order valence-corrected chi connectivity index (χ3v) is 5.14.